The molecule has 19 heteroatoms. The molecule has 1 nitrogen and oxygen atoms in total. The maximum absolute atomic E-state index is 13.2. The summed E-state index contributed by atoms with van der Waals surface area (Å²) in [6.07, 6.45) is -7.75. The molecular formula is C14H16F17NS. The lowest BCUT2D eigenvalue weighted by atomic mass is 9.88. The minimum atomic E-state index is -8.60. The van der Waals surface area contributed by atoms with Gasteiger partial charge in [-0.05, 0) is 27.7 Å². The van der Waals surface area contributed by atoms with Crippen LogP contribution in [0.5, 0.6) is 0 Å². The molecule has 1 atom stereocenters. The second-order valence-electron chi connectivity index (χ2n) is 7.61. The van der Waals surface area contributed by atoms with Crippen LogP contribution >= 0.6 is 12.6 Å². The molecule has 0 saturated carbocycles. The maximum Gasteiger partial charge on any atom is 0.460 e. The molecule has 0 fully saturated rings. The quantitative estimate of drug-likeness (QED) is 0.256. The van der Waals surface area contributed by atoms with E-state index in [1.807, 2.05) is 20.8 Å². The number of hydrogen-bond donors (Lipinski definition) is 2. The summed E-state index contributed by atoms with van der Waals surface area (Å²) in [6, 6.07) is 0. The third-order valence-electron chi connectivity index (χ3n) is 3.27. The van der Waals surface area contributed by atoms with Gasteiger partial charge in [0.2, 0.25) is 0 Å². The number of thiol groups is 1. The summed E-state index contributed by atoms with van der Waals surface area (Å²) in [5, 5.41) is -3.32. The minimum absolute atomic E-state index is 0. The molecule has 0 radical (unpaired) electrons. The molecule has 202 valence electrons. The van der Waals surface area contributed by atoms with Crippen molar-refractivity contribution < 1.29 is 74.6 Å². The van der Waals surface area contributed by atoms with E-state index in [4.69, 9.17) is 5.73 Å². The predicted octanol–water partition coefficient (Wildman–Crippen LogP) is 7.06. The van der Waals surface area contributed by atoms with Crippen LogP contribution in [0.2, 0.25) is 0 Å². The number of nitrogens with two attached hydrogens (primary N) is 1. The molecule has 0 aromatic rings. The summed E-state index contributed by atoms with van der Waals surface area (Å²) < 4.78 is 217. The van der Waals surface area contributed by atoms with Gasteiger partial charge in [0.1, 0.15) is 0 Å². The monoisotopic (exact) mass is 553 g/mol. The Morgan fingerprint density at radius 2 is 0.667 bits per heavy atom. The van der Waals surface area contributed by atoms with Crippen molar-refractivity contribution in [3.63, 3.8) is 0 Å². The summed E-state index contributed by atoms with van der Waals surface area (Å²) >= 11 is 2.50. The van der Waals surface area contributed by atoms with E-state index in [1.54, 1.807) is 0 Å². The van der Waals surface area contributed by atoms with E-state index in [9.17, 15) is 74.6 Å². The van der Waals surface area contributed by atoms with Crippen molar-refractivity contribution in [3.8, 4) is 0 Å². The van der Waals surface area contributed by atoms with Crippen molar-refractivity contribution in [1.29, 1.82) is 0 Å². The zero-order valence-electron chi connectivity index (χ0n) is 16.5. The van der Waals surface area contributed by atoms with E-state index < -0.39 is 52.9 Å². The Labute approximate surface area is 180 Å². The van der Waals surface area contributed by atoms with Gasteiger partial charge < -0.3 is 5.73 Å². The molecule has 2 N–H and O–H groups in total. The standard InChI is InChI=1S/C10H5F17S.C4H11N/c1-2(28)3(11,12)4(13,14)5(15,16)6(17,18)7(19,20)8(21,22)9(23,24)10(25,26)27;1-4(2,3)5/h2,28H,1H3;5H2,1-3H3. The van der Waals surface area contributed by atoms with Crippen molar-refractivity contribution in [1.82, 2.24) is 0 Å². The molecule has 0 aromatic heterocycles. The first-order chi connectivity index (χ1) is 13.7. The smallest absolute Gasteiger partial charge is 0.326 e. The summed E-state index contributed by atoms with van der Waals surface area (Å²) in [6.45, 7) is 5.74. The highest BCUT2D eigenvalue weighted by atomic mass is 32.1. The average molecular weight is 553 g/mol. The highest BCUT2D eigenvalue weighted by molar-refractivity contribution is 7.81. The van der Waals surface area contributed by atoms with Gasteiger partial charge in [0.15, 0.2) is 0 Å². The molecule has 0 amide bonds. The van der Waals surface area contributed by atoms with E-state index >= 15 is 0 Å². The van der Waals surface area contributed by atoms with Crippen molar-refractivity contribution in [2.75, 3.05) is 0 Å². The lowest BCUT2D eigenvalue weighted by Gasteiger charge is -2.43. The SMILES string of the molecule is CC(C)(C)N.CC(S)C(F)(F)C(F)(F)C(F)(F)C(F)(F)C(F)(F)C(F)(F)C(F)(F)C(F)(F)F. The van der Waals surface area contributed by atoms with Gasteiger partial charge in [-0.25, -0.2) is 0 Å². The Morgan fingerprint density at radius 1 is 0.485 bits per heavy atom. The number of alkyl halides is 17. The summed E-state index contributed by atoms with van der Waals surface area (Å²) in [7, 11) is 0. The van der Waals surface area contributed by atoms with Gasteiger partial charge >= 0.3 is 47.6 Å². The van der Waals surface area contributed by atoms with Crippen LogP contribution in [0.25, 0.3) is 0 Å². The lowest BCUT2D eigenvalue weighted by molar-refractivity contribution is -0.461. The van der Waals surface area contributed by atoms with E-state index in [2.05, 4.69) is 12.6 Å². The van der Waals surface area contributed by atoms with Crippen LogP contribution in [0.15, 0.2) is 0 Å². The Hall–Kier alpha value is -0.880. The molecule has 0 rings (SSSR count). The van der Waals surface area contributed by atoms with Crippen LogP contribution in [0.4, 0.5) is 74.6 Å². The van der Waals surface area contributed by atoms with Gasteiger partial charge in [0, 0.05) is 5.54 Å². The molecular weight excluding hydrogens is 537 g/mol. The first-order valence-corrected chi connectivity index (χ1v) is 8.39. The molecule has 0 aliphatic rings. The number of hydrogen-bond acceptors (Lipinski definition) is 2. The number of halogens is 17. The van der Waals surface area contributed by atoms with Crippen molar-refractivity contribution in [3.05, 3.63) is 0 Å². The molecule has 1 unspecified atom stereocenters. The molecule has 0 aliphatic carbocycles. The number of rotatable bonds is 7. The van der Waals surface area contributed by atoms with Gasteiger partial charge in [0.05, 0.1) is 5.25 Å². The Kier molecular flexibility index (Phi) is 9.31. The van der Waals surface area contributed by atoms with Crippen LogP contribution in [-0.2, 0) is 0 Å². The van der Waals surface area contributed by atoms with Gasteiger partial charge in [-0.1, -0.05) is 0 Å². The maximum atomic E-state index is 13.2. The third-order valence-corrected chi connectivity index (χ3v) is 3.60. The van der Waals surface area contributed by atoms with Gasteiger partial charge in [-0.3, -0.25) is 0 Å². The lowest BCUT2D eigenvalue weighted by Crippen LogP contribution is -2.75. The highest BCUT2D eigenvalue weighted by Gasteiger charge is 2.95. The molecule has 33 heavy (non-hydrogen) atoms. The van der Waals surface area contributed by atoms with Crippen LogP contribution in [-0.4, -0.2) is 58.4 Å². The predicted molar refractivity (Wildman–Crippen MR) is 83.1 cm³/mol. The Morgan fingerprint density at radius 3 is 0.848 bits per heavy atom. The zero-order valence-corrected chi connectivity index (χ0v) is 17.4. The van der Waals surface area contributed by atoms with Crippen molar-refractivity contribution >= 4 is 12.6 Å². The Bertz CT molecular complexity index is 654. The second-order valence-corrected chi connectivity index (χ2v) is 8.38. The van der Waals surface area contributed by atoms with Crippen LogP contribution < -0.4 is 5.73 Å². The van der Waals surface area contributed by atoms with E-state index in [0.29, 0.717) is 0 Å². The fourth-order valence-corrected chi connectivity index (χ4v) is 1.60. The highest BCUT2D eigenvalue weighted by Crippen LogP contribution is 2.64. The first-order valence-electron chi connectivity index (χ1n) is 7.88. The van der Waals surface area contributed by atoms with Crippen molar-refractivity contribution in [2.24, 2.45) is 5.73 Å². The van der Waals surface area contributed by atoms with Gasteiger partial charge in [0.25, 0.3) is 0 Å². The van der Waals surface area contributed by atoms with Gasteiger partial charge in [-0.15, -0.1) is 0 Å². The average Bonchev–Trinajstić information content (AvgIpc) is 2.50. The summed E-state index contributed by atoms with van der Waals surface area (Å²) in [5.41, 5.74) is 5.35. The van der Waals surface area contributed by atoms with Crippen molar-refractivity contribution in [2.45, 2.75) is 86.1 Å². The van der Waals surface area contributed by atoms with Crippen LogP contribution in [0, 0.1) is 0 Å². The van der Waals surface area contributed by atoms with E-state index in [1.165, 1.54) is 0 Å². The van der Waals surface area contributed by atoms with Crippen LogP contribution in [0.1, 0.15) is 27.7 Å². The Balaban J connectivity index is 0. The first kappa shape index (κ1) is 34.3. The summed E-state index contributed by atoms with van der Waals surface area (Å²) in [5.74, 6) is -56.1. The third kappa shape index (κ3) is 5.69. The molecule has 0 aliphatic heterocycles. The fraction of sp³-hybridized carbons (Fsp3) is 1.00. The molecule has 0 aromatic carbocycles. The van der Waals surface area contributed by atoms with E-state index in [0.717, 1.165) is 0 Å². The largest absolute Gasteiger partial charge is 0.460 e. The van der Waals surface area contributed by atoms with Gasteiger partial charge in [-0.2, -0.15) is 87.3 Å². The molecule has 0 spiro atoms. The minimum Gasteiger partial charge on any atom is -0.326 e. The fourth-order valence-electron chi connectivity index (χ4n) is 1.44. The van der Waals surface area contributed by atoms with E-state index in [-0.39, 0.29) is 12.5 Å². The normalized spacial score (nSPS) is 16.8. The summed E-state index contributed by atoms with van der Waals surface area (Å²) in [4.78, 5) is 0. The topological polar surface area (TPSA) is 26.0 Å². The zero-order chi connectivity index (χ0) is 28.1. The van der Waals surface area contributed by atoms with Crippen LogP contribution in [0.3, 0.4) is 0 Å². The molecule has 0 saturated heterocycles. The molecule has 0 heterocycles. The second kappa shape index (κ2) is 8.96. The molecule has 0 bridgehead atoms.